The lowest BCUT2D eigenvalue weighted by molar-refractivity contribution is 0.246. The molecule has 1 aromatic heterocycles. The third-order valence-electron chi connectivity index (χ3n) is 5.39. The number of rotatable bonds is 17. The van der Waals surface area contributed by atoms with E-state index in [9.17, 15) is 0 Å². The molecular weight excluding hydrogens is 318 g/mol. The van der Waals surface area contributed by atoms with Gasteiger partial charge in [-0.05, 0) is 45.8 Å². The van der Waals surface area contributed by atoms with Gasteiger partial charge >= 0.3 is 0 Å². The maximum absolute atomic E-state index is 4.63. The highest BCUT2D eigenvalue weighted by molar-refractivity contribution is 5.06. The van der Waals surface area contributed by atoms with Gasteiger partial charge in [-0.2, -0.15) is 5.10 Å². The van der Waals surface area contributed by atoms with Crippen molar-refractivity contribution in [2.24, 2.45) is 0 Å². The van der Waals surface area contributed by atoms with E-state index in [0.29, 0.717) is 0 Å². The molecule has 0 saturated heterocycles. The zero-order valence-corrected chi connectivity index (χ0v) is 18.2. The Morgan fingerprint density at radius 1 is 0.731 bits per heavy atom. The molecule has 1 rings (SSSR count). The van der Waals surface area contributed by atoms with E-state index >= 15 is 0 Å². The molecule has 1 aromatic rings. The SMILES string of the molecule is CCCCCCCCN(CCCCCCCC)CCn1nc(C)cc1C. The predicted octanol–water partition coefficient (Wildman–Crippen LogP) is 6.52. The Bertz CT molecular complexity index is 423. The fourth-order valence-corrected chi connectivity index (χ4v) is 3.70. The highest BCUT2D eigenvalue weighted by Gasteiger charge is 2.07. The Balaban J connectivity index is 2.30. The molecule has 0 amide bonds. The Morgan fingerprint density at radius 2 is 1.23 bits per heavy atom. The first kappa shape index (κ1) is 23.2. The van der Waals surface area contributed by atoms with Crippen molar-refractivity contribution in [3.05, 3.63) is 17.5 Å². The van der Waals surface area contributed by atoms with E-state index in [0.717, 1.165) is 18.8 Å². The van der Waals surface area contributed by atoms with Crippen LogP contribution in [0.5, 0.6) is 0 Å². The third kappa shape index (κ3) is 11.0. The predicted molar refractivity (Wildman–Crippen MR) is 115 cm³/mol. The largest absolute Gasteiger partial charge is 0.301 e. The molecular formula is C23H45N3. The summed E-state index contributed by atoms with van der Waals surface area (Å²) in [5, 5.41) is 4.63. The van der Waals surface area contributed by atoms with Gasteiger partial charge in [-0.15, -0.1) is 0 Å². The summed E-state index contributed by atoms with van der Waals surface area (Å²) in [4.78, 5) is 2.69. The standard InChI is InChI=1S/C23H45N3/c1-5-7-9-11-13-15-17-25(18-16-14-12-10-8-6-2)19-20-26-23(4)21-22(3)24-26/h21H,5-20H2,1-4H3. The molecule has 26 heavy (non-hydrogen) atoms. The van der Waals surface area contributed by atoms with Crippen molar-refractivity contribution in [3.8, 4) is 0 Å². The van der Waals surface area contributed by atoms with Gasteiger partial charge < -0.3 is 4.90 Å². The summed E-state index contributed by atoms with van der Waals surface area (Å²) in [6, 6.07) is 2.19. The van der Waals surface area contributed by atoms with E-state index in [4.69, 9.17) is 0 Å². The van der Waals surface area contributed by atoms with Crippen LogP contribution in [0.1, 0.15) is 102 Å². The zero-order valence-electron chi connectivity index (χ0n) is 18.2. The minimum atomic E-state index is 1.03. The minimum Gasteiger partial charge on any atom is -0.301 e. The summed E-state index contributed by atoms with van der Waals surface area (Å²) in [6.07, 6.45) is 16.7. The Labute approximate surface area is 163 Å². The summed E-state index contributed by atoms with van der Waals surface area (Å²) < 4.78 is 2.19. The van der Waals surface area contributed by atoms with Gasteiger partial charge in [0.15, 0.2) is 0 Å². The van der Waals surface area contributed by atoms with Crippen LogP contribution >= 0.6 is 0 Å². The fraction of sp³-hybridized carbons (Fsp3) is 0.870. The fourth-order valence-electron chi connectivity index (χ4n) is 3.70. The van der Waals surface area contributed by atoms with E-state index in [1.807, 2.05) is 0 Å². The maximum atomic E-state index is 4.63. The summed E-state index contributed by atoms with van der Waals surface area (Å²) in [7, 11) is 0. The van der Waals surface area contributed by atoms with E-state index in [2.05, 4.69) is 48.4 Å². The van der Waals surface area contributed by atoms with E-state index < -0.39 is 0 Å². The highest BCUT2D eigenvalue weighted by Crippen LogP contribution is 2.10. The van der Waals surface area contributed by atoms with Crippen molar-refractivity contribution in [3.63, 3.8) is 0 Å². The zero-order chi connectivity index (χ0) is 19.0. The molecule has 0 saturated carbocycles. The lowest BCUT2D eigenvalue weighted by Gasteiger charge is -2.22. The van der Waals surface area contributed by atoms with E-state index in [-0.39, 0.29) is 0 Å². The van der Waals surface area contributed by atoms with Crippen molar-refractivity contribution in [2.45, 2.75) is 111 Å². The second-order valence-electron chi connectivity index (χ2n) is 8.03. The van der Waals surface area contributed by atoms with Crippen molar-refractivity contribution >= 4 is 0 Å². The number of aromatic nitrogens is 2. The number of unbranched alkanes of at least 4 members (excludes halogenated alkanes) is 10. The molecule has 3 nitrogen and oxygen atoms in total. The van der Waals surface area contributed by atoms with E-state index in [1.165, 1.54) is 95.8 Å². The summed E-state index contributed by atoms with van der Waals surface area (Å²) in [6.45, 7) is 13.6. The first-order valence-corrected chi connectivity index (χ1v) is 11.4. The minimum absolute atomic E-state index is 1.03. The molecule has 1 heterocycles. The van der Waals surface area contributed by atoms with Crippen molar-refractivity contribution < 1.29 is 0 Å². The normalized spacial score (nSPS) is 11.6. The number of hydrogen-bond acceptors (Lipinski definition) is 2. The van der Waals surface area contributed by atoms with Gasteiger partial charge in [0.1, 0.15) is 0 Å². The average molecular weight is 364 g/mol. The summed E-state index contributed by atoms with van der Waals surface area (Å²) in [5.41, 5.74) is 2.43. The molecule has 152 valence electrons. The highest BCUT2D eigenvalue weighted by atomic mass is 15.3. The van der Waals surface area contributed by atoms with Gasteiger partial charge in [0.05, 0.1) is 12.2 Å². The molecule has 0 aliphatic heterocycles. The van der Waals surface area contributed by atoms with Gasteiger partial charge in [0, 0.05) is 12.2 Å². The topological polar surface area (TPSA) is 21.1 Å². The quantitative estimate of drug-likeness (QED) is 0.294. The lowest BCUT2D eigenvalue weighted by atomic mass is 10.1. The first-order chi connectivity index (χ1) is 12.7. The first-order valence-electron chi connectivity index (χ1n) is 11.4. The maximum Gasteiger partial charge on any atom is 0.0596 e. The molecule has 0 radical (unpaired) electrons. The van der Waals surface area contributed by atoms with Crippen LogP contribution in [0, 0.1) is 13.8 Å². The molecule has 0 aliphatic carbocycles. The molecule has 0 fully saturated rings. The van der Waals surface area contributed by atoms with Crippen LogP contribution in [-0.2, 0) is 6.54 Å². The molecule has 0 aliphatic rings. The summed E-state index contributed by atoms with van der Waals surface area (Å²) in [5.74, 6) is 0. The Morgan fingerprint density at radius 3 is 1.69 bits per heavy atom. The second kappa shape index (κ2) is 15.2. The van der Waals surface area contributed by atoms with Crippen molar-refractivity contribution in [1.82, 2.24) is 14.7 Å². The van der Waals surface area contributed by atoms with Gasteiger partial charge in [0.2, 0.25) is 0 Å². The van der Waals surface area contributed by atoms with Crippen molar-refractivity contribution in [1.29, 1.82) is 0 Å². The van der Waals surface area contributed by atoms with Crippen LogP contribution in [0.4, 0.5) is 0 Å². The van der Waals surface area contributed by atoms with Crippen molar-refractivity contribution in [2.75, 3.05) is 19.6 Å². The number of hydrogen-bond donors (Lipinski definition) is 0. The van der Waals surface area contributed by atoms with Crippen LogP contribution < -0.4 is 0 Å². The number of aryl methyl sites for hydroxylation is 2. The third-order valence-corrected chi connectivity index (χ3v) is 5.39. The van der Waals surface area contributed by atoms with Gasteiger partial charge in [-0.1, -0.05) is 78.1 Å². The lowest BCUT2D eigenvalue weighted by Crippen LogP contribution is -2.30. The molecule has 0 atom stereocenters. The molecule has 0 unspecified atom stereocenters. The van der Waals surface area contributed by atoms with Gasteiger partial charge in [-0.25, -0.2) is 0 Å². The van der Waals surface area contributed by atoms with Gasteiger partial charge in [0.25, 0.3) is 0 Å². The molecule has 0 spiro atoms. The Kier molecular flexibility index (Phi) is 13.6. The summed E-state index contributed by atoms with van der Waals surface area (Å²) >= 11 is 0. The average Bonchev–Trinajstić information content (AvgIpc) is 2.95. The van der Waals surface area contributed by atoms with Crippen LogP contribution in [-0.4, -0.2) is 34.3 Å². The number of nitrogens with zero attached hydrogens (tertiary/aromatic N) is 3. The van der Waals surface area contributed by atoms with E-state index in [1.54, 1.807) is 0 Å². The molecule has 0 aromatic carbocycles. The Hall–Kier alpha value is -0.830. The van der Waals surface area contributed by atoms with Crippen LogP contribution in [0.2, 0.25) is 0 Å². The van der Waals surface area contributed by atoms with Gasteiger partial charge in [-0.3, -0.25) is 4.68 Å². The molecule has 3 heteroatoms. The van der Waals surface area contributed by atoms with Crippen LogP contribution in [0.15, 0.2) is 6.07 Å². The van der Waals surface area contributed by atoms with Crippen LogP contribution in [0.3, 0.4) is 0 Å². The molecule has 0 bridgehead atoms. The molecule has 0 N–H and O–H groups in total. The smallest absolute Gasteiger partial charge is 0.0596 e. The monoisotopic (exact) mass is 363 g/mol. The van der Waals surface area contributed by atoms with Crippen LogP contribution in [0.25, 0.3) is 0 Å². The second-order valence-corrected chi connectivity index (χ2v) is 8.03.